The van der Waals surface area contributed by atoms with Gasteiger partial charge in [0.15, 0.2) is 0 Å². The highest BCUT2D eigenvalue weighted by Crippen LogP contribution is 2.13. The van der Waals surface area contributed by atoms with E-state index in [1.54, 1.807) is 0 Å². The summed E-state index contributed by atoms with van der Waals surface area (Å²) >= 11 is 0. The fraction of sp³-hybridized carbons (Fsp3) is 0.750. The summed E-state index contributed by atoms with van der Waals surface area (Å²) in [5.74, 6) is 0.314. The molecule has 0 aliphatic carbocycles. The molecule has 0 bridgehead atoms. The lowest BCUT2D eigenvalue weighted by Crippen LogP contribution is -2.00. The standard InChI is InChI=1S/C12H22O/c1-3-5-6-7-8-10-12(11-13)9-4-2/h3,11-12H,1,4-10H2,2H3. The molecule has 0 aromatic heterocycles. The molecule has 0 rings (SSSR count). The molecule has 0 saturated heterocycles. The van der Waals surface area contributed by atoms with Crippen molar-refractivity contribution in [1.29, 1.82) is 0 Å². The average Bonchev–Trinajstić information content (AvgIpc) is 2.16. The van der Waals surface area contributed by atoms with Crippen LogP contribution in [0.1, 0.15) is 51.9 Å². The Hall–Kier alpha value is -0.590. The molecule has 1 heteroatoms. The van der Waals surface area contributed by atoms with Gasteiger partial charge in [-0.1, -0.05) is 32.3 Å². The molecule has 0 fully saturated rings. The average molecular weight is 182 g/mol. The van der Waals surface area contributed by atoms with Gasteiger partial charge in [0.05, 0.1) is 0 Å². The second-order valence-electron chi connectivity index (χ2n) is 3.61. The van der Waals surface area contributed by atoms with E-state index >= 15 is 0 Å². The van der Waals surface area contributed by atoms with Crippen molar-refractivity contribution in [3.05, 3.63) is 12.7 Å². The lowest BCUT2D eigenvalue weighted by atomic mass is 9.98. The molecule has 0 heterocycles. The van der Waals surface area contributed by atoms with Gasteiger partial charge in [0.2, 0.25) is 0 Å². The van der Waals surface area contributed by atoms with Gasteiger partial charge in [0.1, 0.15) is 6.29 Å². The number of aldehydes is 1. The molecular weight excluding hydrogens is 160 g/mol. The smallest absolute Gasteiger partial charge is 0.123 e. The number of rotatable bonds is 9. The Labute approximate surface area is 82.2 Å². The summed E-state index contributed by atoms with van der Waals surface area (Å²) in [6.45, 7) is 5.82. The number of carbonyl (C=O) groups excluding carboxylic acids is 1. The van der Waals surface area contributed by atoms with Crippen molar-refractivity contribution >= 4 is 6.29 Å². The first-order chi connectivity index (χ1) is 6.35. The van der Waals surface area contributed by atoms with E-state index in [0.717, 1.165) is 32.0 Å². The maximum atomic E-state index is 10.6. The first-order valence-electron chi connectivity index (χ1n) is 5.41. The van der Waals surface area contributed by atoms with Gasteiger partial charge in [-0.25, -0.2) is 0 Å². The number of hydrogen-bond acceptors (Lipinski definition) is 1. The number of unbranched alkanes of at least 4 members (excludes halogenated alkanes) is 3. The lowest BCUT2D eigenvalue weighted by Gasteiger charge is -2.07. The van der Waals surface area contributed by atoms with Gasteiger partial charge < -0.3 is 4.79 Å². The van der Waals surface area contributed by atoms with Gasteiger partial charge >= 0.3 is 0 Å². The molecule has 13 heavy (non-hydrogen) atoms. The molecule has 1 nitrogen and oxygen atoms in total. The molecule has 0 aliphatic rings. The van der Waals surface area contributed by atoms with E-state index < -0.39 is 0 Å². The monoisotopic (exact) mass is 182 g/mol. The minimum atomic E-state index is 0.314. The van der Waals surface area contributed by atoms with E-state index in [0.29, 0.717) is 5.92 Å². The van der Waals surface area contributed by atoms with Crippen LogP contribution in [0.25, 0.3) is 0 Å². The first kappa shape index (κ1) is 12.4. The highest BCUT2D eigenvalue weighted by molar-refractivity contribution is 5.53. The van der Waals surface area contributed by atoms with Crippen molar-refractivity contribution < 1.29 is 4.79 Å². The number of carbonyl (C=O) groups is 1. The van der Waals surface area contributed by atoms with Gasteiger partial charge in [-0.3, -0.25) is 0 Å². The van der Waals surface area contributed by atoms with Crippen molar-refractivity contribution in [2.45, 2.75) is 51.9 Å². The van der Waals surface area contributed by atoms with Crippen LogP contribution in [0.15, 0.2) is 12.7 Å². The first-order valence-corrected chi connectivity index (χ1v) is 5.41. The van der Waals surface area contributed by atoms with Crippen molar-refractivity contribution in [2.75, 3.05) is 0 Å². The molecule has 0 aliphatic heterocycles. The van der Waals surface area contributed by atoms with E-state index in [1.807, 2.05) is 6.08 Å². The van der Waals surface area contributed by atoms with Crippen molar-refractivity contribution in [1.82, 2.24) is 0 Å². The normalized spacial score (nSPS) is 12.4. The van der Waals surface area contributed by atoms with Crippen LogP contribution in [-0.4, -0.2) is 6.29 Å². The highest BCUT2D eigenvalue weighted by Gasteiger charge is 2.04. The van der Waals surface area contributed by atoms with E-state index in [9.17, 15) is 4.79 Å². The van der Waals surface area contributed by atoms with Gasteiger partial charge in [0, 0.05) is 5.92 Å². The number of allylic oxidation sites excluding steroid dienone is 1. The number of hydrogen-bond donors (Lipinski definition) is 0. The molecule has 0 radical (unpaired) electrons. The zero-order valence-electron chi connectivity index (χ0n) is 8.80. The minimum Gasteiger partial charge on any atom is -0.303 e. The van der Waals surface area contributed by atoms with Crippen LogP contribution < -0.4 is 0 Å². The van der Waals surface area contributed by atoms with E-state index in [1.165, 1.54) is 19.3 Å². The van der Waals surface area contributed by atoms with E-state index in [4.69, 9.17) is 0 Å². The van der Waals surface area contributed by atoms with Crippen LogP contribution >= 0.6 is 0 Å². The van der Waals surface area contributed by atoms with E-state index in [2.05, 4.69) is 13.5 Å². The van der Waals surface area contributed by atoms with Crippen LogP contribution in [0.2, 0.25) is 0 Å². The molecule has 76 valence electrons. The maximum absolute atomic E-state index is 10.6. The Morgan fingerprint density at radius 2 is 2.00 bits per heavy atom. The molecule has 1 unspecified atom stereocenters. The molecule has 0 aromatic rings. The predicted octanol–water partition coefficient (Wildman–Crippen LogP) is 3.74. The summed E-state index contributed by atoms with van der Waals surface area (Å²) < 4.78 is 0. The fourth-order valence-corrected chi connectivity index (χ4v) is 1.52. The van der Waals surface area contributed by atoms with Gasteiger partial charge in [0.25, 0.3) is 0 Å². The van der Waals surface area contributed by atoms with Gasteiger partial charge in [-0.15, -0.1) is 6.58 Å². The second-order valence-corrected chi connectivity index (χ2v) is 3.61. The third kappa shape index (κ3) is 7.76. The highest BCUT2D eigenvalue weighted by atomic mass is 16.1. The van der Waals surface area contributed by atoms with Gasteiger partial charge in [-0.05, 0) is 25.7 Å². The maximum Gasteiger partial charge on any atom is 0.123 e. The summed E-state index contributed by atoms with van der Waals surface area (Å²) in [5, 5.41) is 0. The Morgan fingerprint density at radius 1 is 1.23 bits per heavy atom. The topological polar surface area (TPSA) is 17.1 Å². The summed E-state index contributed by atoms with van der Waals surface area (Å²) in [6, 6.07) is 0. The molecule has 1 atom stereocenters. The SMILES string of the molecule is C=CCCCCCC(C=O)CCC. The van der Waals surface area contributed by atoms with Crippen LogP contribution in [0, 0.1) is 5.92 Å². The molecule has 0 amide bonds. The van der Waals surface area contributed by atoms with Crippen molar-refractivity contribution in [3.8, 4) is 0 Å². The van der Waals surface area contributed by atoms with Crippen LogP contribution in [0.3, 0.4) is 0 Å². The quantitative estimate of drug-likeness (QED) is 0.301. The zero-order valence-corrected chi connectivity index (χ0v) is 8.80. The molecular formula is C12H22O. The Morgan fingerprint density at radius 3 is 2.54 bits per heavy atom. The zero-order chi connectivity index (χ0) is 9.94. The third-order valence-corrected chi connectivity index (χ3v) is 2.34. The van der Waals surface area contributed by atoms with Crippen LogP contribution in [0.5, 0.6) is 0 Å². The Balaban J connectivity index is 3.27. The fourth-order valence-electron chi connectivity index (χ4n) is 1.52. The summed E-state index contributed by atoms with van der Waals surface area (Å²) in [4.78, 5) is 10.6. The summed E-state index contributed by atoms with van der Waals surface area (Å²) in [5.41, 5.74) is 0. The van der Waals surface area contributed by atoms with Crippen molar-refractivity contribution in [2.24, 2.45) is 5.92 Å². The molecule has 0 spiro atoms. The van der Waals surface area contributed by atoms with Crippen LogP contribution in [0.4, 0.5) is 0 Å². The molecule has 0 aromatic carbocycles. The Bertz CT molecular complexity index is 129. The molecule has 0 N–H and O–H groups in total. The van der Waals surface area contributed by atoms with Crippen LogP contribution in [-0.2, 0) is 4.79 Å². The third-order valence-electron chi connectivity index (χ3n) is 2.34. The second kappa shape index (κ2) is 9.50. The van der Waals surface area contributed by atoms with E-state index in [-0.39, 0.29) is 0 Å². The largest absolute Gasteiger partial charge is 0.303 e. The van der Waals surface area contributed by atoms with Gasteiger partial charge in [-0.2, -0.15) is 0 Å². The molecule has 0 saturated carbocycles. The summed E-state index contributed by atoms with van der Waals surface area (Å²) in [6.07, 6.45) is 11.1. The van der Waals surface area contributed by atoms with Crippen molar-refractivity contribution in [3.63, 3.8) is 0 Å². The summed E-state index contributed by atoms with van der Waals surface area (Å²) in [7, 11) is 0. The minimum absolute atomic E-state index is 0.314. The predicted molar refractivity (Wildman–Crippen MR) is 57.7 cm³/mol. The Kier molecular flexibility index (Phi) is 9.07. The lowest BCUT2D eigenvalue weighted by molar-refractivity contribution is -0.111.